The lowest BCUT2D eigenvalue weighted by Gasteiger charge is -2.23. The third-order valence-corrected chi connectivity index (χ3v) is 6.15. The predicted octanol–water partition coefficient (Wildman–Crippen LogP) is 3.23. The highest BCUT2D eigenvalue weighted by atomic mass is 32.1. The average Bonchev–Trinajstić information content (AvgIpc) is 3.29. The van der Waals surface area contributed by atoms with Crippen LogP contribution in [0.25, 0.3) is 0 Å². The molecule has 0 N–H and O–H groups in total. The van der Waals surface area contributed by atoms with E-state index >= 15 is 0 Å². The molecule has 2 aromatic heterocycles. The summed E-state index contributed by atoms with van der Waals surface area (Å²) in [6.07, 6.45) is 2.95. The van der Waals surface area contributed by atoms with Crippen LogP contribution in [0.2, 0.25) is 0 Å². The van der Waals surface area contributed by atoms with E-state index in [1.165, 1.54) is 4.88 Å². The zero-order valence-electron chi connectivity index (χ0n) is 13.9. The van der Waals surface area contributed by atoms with Gasteiger partial charge in [0.05, 0.1) is 16.8 Å². The van der Waals surface area contributed by atoms with Crippen molar-refractivity contribution in [3.8, 4) is 0 Å². The van der Waals surface area contributed by atoms with Crippen molar-refractivity contribution in [3.05, 3.63) is 40.7 Å². The molecule has 0 radical (unpaired) electrons. The number of thiophene rings is 1. The fourth-order valence-corrected chi connectivity index (χ4v) is 4.70. The number of nitrogens with zero attached hydrogens (tertiary/aromatic N) is 2. The summed E-state index contributed by atoms with van der Waals surface area (Å²) in [7, 11) is 0. The van der Waals surface area contributed by atoms with E-state index in [-0.39, 0.29) is 17.2 Å². The Morgan fingerprint density at radius 2 is 2.08 bits per heavy atom. The van der Waals surface area contributed by atoms with Gasteiger partial charge in [-0.1, -0.05) is 0 Å². The van der Waals surface area contributed by atoms with Crippen LogP contribution in [0.4, 0.5) is 5.00 Å². The van der Waals surface area contributed by atoms with Crippen molar-refractivity contribution in [1.82, 2.24) is 4.90 Å². The van der Waals surface area contributed by atoms with E-state index in [0.717, 1.165) is 11.4 Å². The van der Waals surface area contributed by atoms with Gasteiger partial charge in [-0.2, -0.15) is 0 Å². The highest BCUT2D eigenvalue weighted by molar-refractivity contribution is 7.16. The van der Waals surface area contributed by atoms with Crippen molar-refractivity contribution in [2.24, 2.45) is 5.41 Å². The second-order valence-electron chi connectivity index (χ2n) is 6.91. The first-order chi connectivity index (χ1) is 11.5. The van der Waals surface area contributed by atoms with Gasteiger partial charge < -0.3 is 14.2 Å². The molecule has 0 saturated carbocycles. The Morgan fingerprint density at radius 1 is 1.25 bits per heavy atom. The molecule has 5 nitrogen and oxygen atoms in total. The number of anilines is 1. The minimum absolute atomic E-state index is 0.0102. The second-order valence-corrected chi connectivity index (χ2v) is 8.17. The third kappa shape index (κ3) is 2.45. The van der Waals surface area contributed by atoms with E-state index in [9.17, 15) is 9.59 Å². The van der Waals surface area contributed by atoms with Crippen LogP contribution in [0.15, 0.2) is 28.9 Å². The first kappa shape index (κ1) is 15.4. The van der Waals surface area contributed by atoms with Gasteiger partial charge in [0.25, 0.3) is 5.91 Å². The average molecular weight is 344 g/mol. The van der Waals surface area contributed by atoms with Gasteiger partial charge in [-0.3, -0.25) is 9.59 Å². The summed E-state index contributed by atoms with van der Waals surface area (Å²) in [5.41, 5.74) is 0.518. The van der Waals surface area contributed by atoms with Crippen LogP contribution in [0, 0.1) is 19.3 Å². The molecule has 4 heterocycles. The fourth-order valence-electron chi connectivity index (χ4n) is 3.82. The smallest absolute Gasteiger partial charge is 0.257 e. The second kappa shape index (κ2) is 5.48. The van der Waals surface area contributed by atoms with Gasteiger partial charge in [0.1, 0.15) is 5.76 Å². The number of carbonyl (C=O) groups excluding carboxylic acids is 2. The van der Waals surface area contributed by atoms with Crippen LogP contribution in [0.5, 0.6) is 0 Å². The quantitative estimate of drug-likeness (QED) is 0.840. The Hall–Kier alpha value is -2.08. The zero-order valence-corrected chi connectivity index (χ0v) is 14.7. The molecule has 0 aliphatic carbocycles. The highest BCUT2D eigenvalue weighted by Crippen LogP contribution is 2.43. The molecule has 1 spiro atoms. The Balaban J connectivity index is 1.51. The van der Waals surface area contributed by atoms with Crippen molar-refractivity contribution in [3.63, 3.8) is 0 Å². The van der Waals surface area contributed by atoms with Crippen LogP contribution in [0.1, 0.15) is 33.8 Å². The molecule has 2 aromatic rings. The number of hydrogen-bond acceptors (Lipinski definition) is 4. The van der Waals surface area contributed by atoms with Gasteiger partial charge in [-0.15, -0.1) is 11.3 Å². The Morgan fingerprint density at radius 3 is 2.75 bits per heavy atom. The van der Waals surface area contributed by atoms with Crippen molar-refractivity contribution in [2.45, 2.75) is 26.7 Å². The monoisotopic (exact) mass is 344 g/mol. The van der Waals surface area contributed by atoms with Crippen LogP contribution in [-0.4, -0.2) is 36.3 Å². The predicted molar refractivity (Wildman–Crippen MR) is 92.4 cm³/mol. The lowest BCUT2D eigenvalue weighted by atomic mass is 9.86. The van der Waals surface area contributed by atoms with E-state index in [0.29, 0.717) is 37.4 Å². The minimum Gasteiger partial charge on any atom is -0.469 e. The van der Waals surface area contributed by atoms with Crippen molar-refractivity contribution in [2.75, 3.05) is 24.5 Å². The largest absolute Gasteiger partial charge is 0.469 e. The number of likely N-dealkylation sites (tertiary alicyclic amines) is 1. The van der Waals surface area contributed by atoms with Gasteiger partial charge >= 0.3 is 0 Å². The SMILES string of the molecule is Cc1ccc(N2C[C@@]3(CCN(C(=O)c4ccoc4C)C3)CC2=O)s1. The van der Waals surface area contributed by atoms with E-state index in [1.807, 2.05) is 28.9 Å². The number of amides is 2. The number of furan rings is 1. The summed E-state index contributed by atoms with van der Waals surface area (Å²) in [6.45, 7) is 5.91. The third-order valence-electron chi connectivity index (χ3n) is 5.13. The standard InChI is InChI=1S/C18H20N2O3S/c1-12-3-4-16(24-12)20-11-18(9-15(20)21)6-7-19(10-18)17(22)14-5-8-23-13(14)2/h3-5,8H,6-7,9-11H2,1-2H3/t18-/m0/s1. The van der Waals surface area contributed by atoms with Crippen LogP contribution in [0.3, 0.4) is 0 Å². The summed E-state index contributed by atoms with van der Waals surface area (Å²) >= 11 is 1.65. The molecule has 2 fully saturated rings. The van der Waals surface area contributed by atoms with Gasteiger partial charge in [0, 0.05) is 36.3 Å². The minimum atomic E-state index is -0.109. The Kier molecular flexibility index (Phi) is 3.53. The van der Waals surface area contributed by atoms with E-state index in [2.05, 4.69) is 0 Å². The molecule has 2 aliphatic heterocycles. The van der Waals surface area contributed by atoms with E-state index in [1.54, 1.807) is 30.6 Å². The molecule has 0 bridgehead atoms. The summed E-state index contributed by atoms with van der Waals surface area (Å²) in [5, 5.41) is 1.02. The molecular formula is C18H20N2O3S. The summed E-state index contributed by atoms with van der Waals surface area (Å²) < 4.78 is 5.25. The summed E-state index contributed by atoms with van der Waals surface area (Å²) in [5.74, 6) is 0.834. The van der Waals surface area contributed by atoms with Gasteiger partial charge in [-0.25, -0.2) is 0 Å². The van der Waals surface area contributed by atoms with Crippen LogP contribution < -0.4 is 4.90 Å². The van der Waals surface area contributed by atoms with Crippen LogP contribution in [-0.2, 0) is 4.79 Å². The van der Waals surface area contributed by atoms with Crippen molar-refractivity contribution >= 4 is 28.2 Å². The summed E-state index contributed by atoms with van der Waals surface area (Å²) in [4.78, 5) is 30.2. The molecule has 2 amide bonds. The normalized spacial score (nSPS) is 23.7. The maximum absolute atomic E-state index is 12.7. The molecule has 24 heavy (non-hydrogen) atoms. The molecule has 2 aliphatic rings. The van der Waals surface area contributed by atoms with E-state index in [4.69, 9.17) is 4.42 Å². The number of rotatable bonds is 2. The molecule has 2 saturated heterocycles. The number of hydrogen-bond donors (Lipinski definition) is 0. The van der Waals surface area contributed by atoms with E-state index < -0.39 is 0 Å². The Bertz CT molecular complexity index is 809. The van der Waals surface area contributed by atoms with Gasteiger partial charge in [0.2, 0.25) is 5.91 Å². The molecular weight excluding hydrogens is 324 g/mol. The fraction of sp³-hybridized carbons (Fsp3) is 0.444. The molecule has 6 heteroatoms. The van der Waals surface area contributed by atoms with Crippen LogP contribution >= 0.6 is 11.3 Å². The highest BCUT2D eigenvalue weighted by Gasteiger charge is 2.49. The zero-order chi connectivity index (χ0) is 16.9. The lowest BCUT2D eigenvalue weighted by molar-refractivity contribution is -0.117. The first-order valence-corrected chi connectivity index (χ1v) is 8.99. The lowest BCUT2D eigenvalue weighted by Crippen LogP contribution is -2.34. The topological polar surface area (TPSA) is 53.8 Å². The molecule has 126 valence electrons. The molecule has 0 aromatic carbocycles. The summed E-state index contributed by atoms with van der Waals surface area (Å²) in [6, 6.07) is 5.79. The Labute approximate surface area is 144 Å². The number of aryl methyl sites for hydroxylation is 2. The maximum atomic E-state index is 12.7. The molecule has 0 unspecified atom stereocenters. The number of carbonyl (C=O) groups is 2. The van der Waals surface area contributed by atoms with Gasteiger partial charge in [0.15, 0.2) is 0 Å². The van der Waals surface area contributed by atoms with Crippen molar-refractivity contribution < 1.29 is 14.0 Å². The maximum Gasteiger partial charge on any atom is 0.257 e. The molecule has 1 atom stereocenters. The molecule has 4 rings (SSSR count). The first-order valence-electron chi connectivity index (χ1n) is 8.18. The van der Waals surface area contributed by atoms with Crippen molar-refractivity contribution in [1.29, 1.82) is 0 Å². The van der Waals surface area contributed by atoms with Gasteiger partial charge in [-0.05, 0) is 38.5 Å².